The summed E-state index contributed by atoms with van der Waals surface area (Å²) in [6.45, 7) is 1.92. The summed E-state index contributed by atoms with van der Waals surface area (Å²) in [5.41, 5.74) is 6.03. The maximum Gasteiger partial charge on any atom is 0.262 e. The van der Waals surface area contributed by atoms with E-state index in [4.69, 9.17) is 10.3 Å². The first kappa shape index (κ1) is 12.2. The van der Waals surface area contributed by atoms with Crippen molar-refractivity contribution < 1.29 is 8.91 Å². The molecule has 2 N–H and O–H groups in total. The number of hydrogen-bond donors (Lipinski definition) is 1. The lowest BCUT2D eigenvalue weighted by Crippen LogP contribution is -2.10. The number of aromatic nitrogens is 2. The van der Waals surface area contributed by atoms with E-state index in [1.807, 2.05) is 6.92 Å². The van der Waals surface area contributed by atoms with Crippen LogP contribution in [-0.2, 0) is 0 Å². The van der Waals surface area contributed by atoms with Crippen LogP contribution in [0.15, 0.2) is 27.2 Å². The molecule has 0 bridgehead atoms. The number of hydrogen-bond acceptors (Lipinski definition) is 4. The van der Waals surface area contributed by atoms with Crippen molar-refractivity contribution in [1.82, 2.24) is 10.1 Å². The van der Waals surface area contributed by atoms with Crippen LogP contribution in [0.4, 0.5) is 4.39 Å². The highest BCUT2D eigenvalue weighted by Gasteiger charge is 2.18. The van der Waals surface area contributed by atoms with Gasteiger partial charge in [0.05, 0.1) is 11.6 Å². The minimum atomic E-state index is -0.417. The van der Waals surface area contributed by atoms with Gasteiger partial charge in [-0.05, 0) is 34.5 Å². The quantitative estimate of drug-likeness (QED) is 0.946. The lowest BCUT2D eigenvalue weighted by Gasteiger charge is -2.01. The van der Waals surface area contributed by atoms with Gasteiger partial charge in [0.1, 0.15) is 5.82 Å². The van der Waals surface area contributed by atoms with E-state index in [9.17, 15) is 4.39 Å². The molecule has 0 spiro atoms. The molecule has 1 aromatic heterocycles. The number of nitrogens with two attached hydrogens (primary N) is 1. The number of benzene rings is 1. The van der Waals surface area contributed by atoms with Crippen molar-refractivity contribution in [3.05, 3.63) is 34.3 Å². The predicted molar refractivity (Wildman–Crippen MR) is 64.6 cm³/mol. The molecule has 0 aliphatic rings. The third-order valence-corrected chi connectivity index (χ3v) is 3.05. The molecular formula is C11H11BrFN3O. The Kier molecular flexibility index (Phi) is 3.54. The van der Waals surface area contributed by atoms with Crippen molar-refractivity contribution in [2.45, 2.75) is 19.4 Å². The van der Waals surface area contributed by atoms with Gasteiger partial charge in [-0.2, -0.15) is 4.98 Å². The molecule has 1 unspecified atom stereocenters. The summed E-state index contributed by atoms with van der Waals surface area (Å²) in [7, 11) is 0. The van der Waals surface area contributed by atoms with Crippen molar-refractivity contribution in [3.63, 3.8) is 0 Å². The zero-order chi connectivity index (χ0) is 12.4. The van der Waals surface area contributed by atoms with E-state index in [1.54, 1.807) is 12.1 Å². The molecule has 0 saturated carbocycles. The Morgan fingerprint density at radius 2 is 2.29 bits per heavy atom. The van der Waals surface area contributed by atoms with Crippen LogP contribution in [0.25, 0.3) is 11.5 Å². The lowest BCUT2D eigenvalue weighted by atomic mass is 10.2. The predicted octanol–water partition coefficient (Wildman–Crippen LogP) is 3.05. The third kappa shape index (κ3) is 2.37. The van der Waals surface area contributed by atoms with Gasteiger partial charge in [-0.1, -0.05) is 18.1 Å². The first-order valence-electron chi connectivity index (χ1n) is 5.17. The standard InChI is InChI=1S/C11H11BrFN3O/c1-2-8(14)10-15-11(17-16-10)9-6(12)4-3-5-7(9)13/h3-5,8H,2,14H2,1H3. The molecule has 90 valence electrons. The fourth-order valence-electron chi connectivity index (χ4n) is 1.37. The summed E-state index contributed by atoms with van der Waals surface area (Å²) in [5.74, 6) is 0.103. The van der Waals surface area contributed by atoms with E-state index < -0.39 is 5.82 Å². The number of halogens is 2. The molecule has 0 aliphatic heterocycles. The Balaban J connectivity index is 2.44. The summed E-state index contributed by atoms with van der Waals surface area (Å²) >= 11 is 3.25. The van der Waals surface area contributed by atoms with Crippen LogP contribution < -0.4 is 5.73 Å². The van der Waals surface area contributed by atoms with E-state index in [2.05, 4.69) is 26.1 Å². The maximum atomic E-state index is 13.6. The van der Waals surface area contributed by atoms with Crippen LogP contribution >= 0.6 is 15.9 Å². The molecule has 17 heavy (non-hydrogen) atoms. The van der Waals surface area contributed by atoms with E-state index in [0.717, 1.165) is 0 Å². The average molecular weight is 300 g/mol. The zero-order valence-corrected chi connectivity index (χ0v) is 10.7. The fraction of sp³-hybridized carbons (Fsp3) is 0.273. The largest absolute Gasteiger partial charge is 0.334 e. The Hall–Kier alpha value is -1.27. The average Bonchev–Trinajstić information content (AvgIpc) is 2.77. The normalized spacial score (nSPS) is 12.7. The second-order valence-electron chi connectivity index (χ2n) is 3.57. The Bertz CT molecular complexity index is 509. The Labute approximate surface area is 106 Å². The van der Waals surface area contributed by atoms with Gasteiger partial charge in [-0.25, -0.2) is 4.39 Å². The SMILES string of the molecule is CCC(N)c1noc(-c2c(F)cccc2Br)n1. The molecule has 4 nitrogen and oxygen atoms in total. The van der Waals surface area contributed by atoms with Crippen LogP contribution in [0.3, 0.4) is 0 Å². The van der Waals surface area contributed by atoms with Crippen molar-refractivity contribution in [1.29, 1.82) is 0 Å². The van der Waals surface area contributed by atoms with E-state index in [-0.39, 0.29) is 17.5 Å². The van der Waals surface area contributed by atoms with Crippen molar-refractivity contribution in [3.8, 4) is 11.5 Å². The second-order valence-corrected chi connectivity index (χ2v) is 4.42. The van der Waals surface area contributed by atoms with Crippen LogP contribution in [0.5, 0.6) is 0 Å². The lowest BCUT2D eigenvalue weighted by molar-refractivity contribution is 0.413. The first-order chi connectivity index (χ1) is 8.13. The van der Waals surface area contributed by atoms with Crippen LogP contribution in [0.2, 0.25) is 0 Å². The third-order valence-electron chi connectivity index (χ3n) is 2.39. The fourth-order valence-corrected chi connectivity index (χ4v) is 1.88. The van der Waals surface area contributed by atoms with Gasteiger partial charge >= 0.3 is 0 Å². The molecule has 0 fully saturated rings. The van der Waals surface area contributed by atoms with Crippen molar-refractivity contribution in [2.24, 2.45) is 5.73 Å². The van der Waals surface area contributed by atoms with Crippen LogP contribution in [0.1, 0.15) is 25.2 Å². The molecule has 1 heterocycles. The van der Waals surface area contributed by atoms with Gasteiger partial charge in [0.2, 0.25) is 0 Å². The van der Waals surface area contributed by atoms with Crippen LogP contribution in [-0.4, -0.2) is 10.1 Å². The summed E-state index contributed by atoms with van der Waals surface area (Å²) in [6, 6.07) is 4.35. The van der Waals surface area contributed by atoms with Gasteiger partial charge in [0.15, 0.2) is 5.82 Å². The molecular weight excluding hydrogens is 289 g/mol. The van der Waals surface area contributed by atoms with Gasteiger partial charge in [-0.3, -0.25) is 0 Å². The molecule has 0 amide bonds. The number of rotatable bonds is 3. The second kappa shape index (κ2) is 4.93. The van der Waals surface area contributed by atoms with Crippen molar-refractivity contribution in [2.75, 3.05) is 0 Å². The topological polar surface area (TPSA) is 64.9 Å². The zero-order valence-electron chi connectivity index (χ0n) is 9.15. The minimum absolute atomic E-state index is 0.133. The van der Waals surface area contributed by atoms with E-state index in [1.165, 1.54) is 6.07 Å². The van der Waals surface area contributed by atoms with Crippen molar-refractivity contribution >= 4 is 15.9 Å². The molecule has 0 saturated heterocycles. The molecule has 2 aromatic rings. The smallest absolute Gasteiger partial charge is 0.262 e. The van der Waals surface area contributed by atoms with Gasteiger partial charge in [0, 0.05) is 4.47 Å². The molecule has 1 atom stereocenters. The highest BCUT2D eigenvalue weighted by molar-refractivity contribution is 9.10. The molecule has 0 radical (unpaired) electrons. The monoisotopic (exact) mass is 299 g/mol. The van der Waals surface area contributed by atoms with Gasteiger partial charge < -0.3 is 10.3 Å². The van der Waals surface area contributed by atoms with Crippen LogP contribution in [0, 0.1) is 5.82 Å². The minimum Gasteiger partial charge on any atom is -0.334 e. The summed E-state index contributed by atoms with van der Waals surface area (Å²) in [5, 5.41) is 3.75. The molecule has 6 heteroatoms. The molecule has 2 rings (SSSR count). The van der Waals surface area contributed by atoms with Gasteiger partial charge in [0.25, 0.3) is 5.89 Å². The summed E-state index contributed by atoms with van der Waals surface area (Å²) in [6.07, 6.45) is 0.692. The highest BCUT2D eigenvalue weighted by atomic mass is 79.9. The first-order valence-corrected chi connectivity index (χ1v) is 5.96. The maximum absolute atomic E-state index is 13.6. The Morgan fingerprint density at radius 3 is 2.94 bits per heavy atom. The van der Waals surface area contributed by atoms with E-state index in [0.29, 0.717) is 16.7 Å². The van der Waals surface area contributed by atoms with E-state index >= 15 is 0 Å². The molecule has 1 aromatic carbocycles. The highest BCUT2D eigenvalue weighted by Crippen LogP contribution is 2.30. The Morgan fingerprint density at radius 1 is 1.53 bits per heavy atom. The summed E-state index contributed by atoms with van der Waals surface area (Å²) < 4.78 is 19.2. The van der Waals surface area contributed by atoms with Gasteiger partial charge in [-0.15, -0.1) is 0 Å². The molecule has 0 aliphatic carbocycles. The number of nitrogens with zero attached hydrogens (tertiary/aromatic N) is 2. The summed E-state index contributed by atoms with van der Waals surface area (Å²) in [4.78, 5) is 4.10.